The lowest BCUT2D eigenvalue weighted by Gasteiger charge is -2.11. The molecule has 4 atom stereocenters. The first kappa shape index (κ1) is 18.5. The highest BCUT2D eigenvalue weighted by atomic mass is 19.1. The molecule has 0 aliphatic carbocycles. The van der Waals surface area contributed by atoms with Gasteiger partial charge in [0.1, 0.15) is 30.7 Å². The van der Waals surface area contributed by atoms with Crippen LogP contribution in [-0.2, 0) is 11.3 Å². The third-order valence-electron chi connectivity index (χ3n) is 4.72. The van der Waals surface area contributed by atoms with Crippen molar-refractivity contribution in [2.24, 2.45) is 0 Å². The van der Waals surface area contributed by atoms with Crippen LogP contribution < -0.4 is 15.9 Å². The van der Waals surface area contributed by atoms with E-state index in [1.165, 1.54) is 27.6 Å². The van der Waals surface area contributed by atoms with Crippen molar-refractivity contribution in [3.05, 3.63) is 52.3 Å². The highest BCUT2D eigenvalue weighted by Gasteiger charge is 2.47. The van der Waals surface area contributed by atoms with Gasteiger partial charge in [-0.05, 0) is 17.7 Å². The summed E-state index contributed by atoms with van der Waals surface area (Å²) in [5, 5.41) is 29.7. The van der Waals surface area contributed by atoms with Crippen molar-refractivity contribution in [3.63, 3.8) is 0 Å². The molecule has 28 heavy (non-hydrogen) atoms. The third kappa shape index (κ3) is 3.03. The van der Waals surface area contributed by atoms with E-state index < -0.39 is 42.5 Å². The first-order chi connectivity index (χ1) is 13.4. The Labute approximate surface area is 157 Å². The highest BCUT2D eigenvalue weighted by molar-refractivity contribution is 5.67. The lowest BCUT2D eigenvalue weighted by atomic mass is 10.1. The van der Waals surface area contributed by atoms with Gasteiger partial charge in [0, 0.05) is 0 Å². The number of nitrogens with two attached hydrogens (primary N) is 1. The number of aromatic amines is 1. The third-order valence-corrected chi connectivity index (χ3v) is 4.72. The number of hydrogen-bond acceptors (Lipinski definition) is 7. The van der Waals surface area contributed by atoms with E-state index in [0.717, 1.165) is 0 Å². The van der Waals surface area contributed by atoms with E-state index in [9.17, 15) is 24.5 Å². The molecule has 10 nitrogen and oxygen atoms in total. The van der Waals surface area contributed by atoms with Gasteiger partial charge in [-0.15, -0.1) is 0 Å². The molecule has 6 N–H and O–H groups in total. The van der Waals surface area contributed by atoms with Crippen molar-refractivity contribution < 1.29 is 29.0 Å². The largest absolute Gasteiger partial charge is 0.394 e. The number of aliphatic hydroxyl groups is 3. The molecule has 1 aliphatic rings. The number of H-pyrrole nitrogens is 1. The normalized spacial score (nSPS) is 24.9. The summed E-state index contributed by atoms with van der Waals surface area (Å²) in [4.78, 5) is 19.0. The van der Waals surface area contributed by atoms with Crippen LogP contribution >= 0.6 is 0 Å². The summed E-state index contributed by atoms with van der Waals surface area (Å²) in [5.74, 6) is -0.553. The summed E-state index contributed by atoms with van der Waals surface area (Å²) in [6.45, 7) is -0.349. The second-order valence-corrected chi connectivity index (χ2v) is 6.63. The number of hydrogen-bond donors (Lipinski definition) is 5. The topological polar surface area (TPSA) is 150 Å². The van der Waals surface area contributed by atoms with Crippen LogP contribution in [0, 0.1) is 5.82 Å². The lowest BCUT2D eigenvalue weighted by molar-refractivity contribution is -0.664. The maximum absolute atomic E-state index is 13.5. The van der Waals surface area contributed by atoms with Crippen LogP contribution in [0.25, 0.3) is 11.2 Å². The number of benzene rings is 1. The molecule has 4 rings (SSSR count). The summed E-state index contributed by atoms with van der Waals surface area (Å²) >= 11 is 0. The van der Waals surface area contributed by atoms with Gasteiger partial charge < -0.3 is 25.8 Å². The van der Waals surface area contributed by atoms with Crippen molar-refractivity contribution in [2.75, 3.05) is 12.3 Å². The van der Waals surface area contributed by atoms with Gasteiger partial charge in [0.2, 0.25) is 18.5 Å². The summed E-state index contributed by atoms with van der Waals surface area (Å²) in [6.07, 6.45) is -3.30. The number of aliphatic hydroxyl groups excluding tert-OH is 3. The molecule has 1 aromatic carbocycles. The Hall–Kier alpha value is -2.86. The van der Waals surface area contributed by atoms with E-state index in [1.807, 2.05) is 0 Å². The number of fused-ring (bicyclic) bond motifs is 1. The van der Waals surface area contributed by atoms with Crippen LogP contribution in [0.4, 0.5) is 10.3 Å². The minimum atomic E-state index is -1.36. The molecule has 0 unspecified atom stereocenters. The second-order valence-electron chi connectivity index (χ2n) is 6.63. The first-order valence-electron chi connectivity index (χ1n) is 8.55. The maximum Gasteiger partial charge on any atom is 0.304 e. The number of nitrogen functional groups attached to an aromatic ring is 1. The van der Waals surface area contributed by atoms with Gasteiger partial charge >= 0.3 is 5.56 Å². The Bertz CT molecular complexity index is 1080. The lowest BCUT2D eigenvalue weighted by Crippen LogP contribution is -2.37. The Morgan fingerprint density at radius 3 is 2.82 bits per heavy atom. The van der Waals surface area contributed by atoms with Crippen LogP contribution in [0.1, 0.15) is 11.8 Å². The Morgan fingerprint density at radius 2 is 2.14 bits per heavy atom. The minimum absolute atomic E-state index is 0.118. The molecule has 1 fully saturated rings. The van der Waals surface area contributed by atoms with Gasteiger partial charge in [0.05, 0.1) is 6.61 Å². The van der Waals surface area contributed by atoms with Gasteiger partial charge in [0.25, 0.3) is 11.2 Å². The zero-order valence-electron chi connectivity index (χ0n) is 14.6. The Kier molecular flexibility index (Phi) is 4.59. The van der Waals surface area contributed by atoms with Crippen LogP contribution in [-0.4, -0.2) is 54.8 Å². The quantitative estimate of drug-likeness (QED) is 0.335. The van der Waals surface area contributed by atoms with Crippen LogP contribution in [0.15, 0.2) is 35.4 Å². The number of nitrogens with zero attached hydrogens (tertiary/aromatic N) is 3. The summed E-state index contributed by atoms with van der Waals surface area (Å²) in [6, 6.07) is 5.90. The molecular weight excluding hydrogens is 373 g/mol. The van der Waals surface area contributed by atoms with Crippen molar-refractivity contribution in [2.45, 2.75) is 31.1 Å². The van der Waals surface area contributed by atoms with Gasteiger partial charge in [-0.25, -0.2) is 8.96 Å². The number of ether oxygens (including phenoxy) is 1. The van der Waals surface area contributed by atoms with Crippen molar-refractivity contribution >= 4 is 17.1 Å². The molecule has 0 radical (unpaired) electrons. The molecule has 0 saturated carbocycles. The van der Waals surface area contributed by atoms with Crippen LogP contribution in [0.5, 0.6) is 0 Å². The van der Waals surface area contributed by atoms with E-state index in [2.05, 4.69) is 9.97 Å². The predicted molar refractivity (Wildman–Crippen MR) is 93.5 cm³/mol. The van der Waals surface area contributed by atoms with Crippen LogP contribution in [0.2, 0.25) is 0 Å². The van der Waals surface area contributed by atoms with Crippen molar-refractivity contribution in [1.82, 2.24) is 14.5 Å². The van der Waals surface area contributed by atoms with E-state index >= 15 is 0 Å². The molecule has 3 heterocycles. The number of anilines is 1. The van der Waals surface area contributed by atoms with Gasteiger partial charge in [0.15, 0.2) is 0 Å². The molecule has 0 bridgehead atoms. The fourth-order valence-corrected chi connectivity index (χ4v) is 3.42. The molecule has 11 heteroatoms. The maximum atomic E-state index is 13.5. The summed E-state index contributed by atoms with van der Waals surface area (Å²) < 4.78 is 21.9. The molecule has 3 aromatic rings. The van der Waals surface area contributed by atoms with E-state index in [-0.39, 0.29) is 23.7 Å². The molecule has 1 saturated heterocycles. The zero-order chi connectivity index (χ0) is 20.0. The first-order valence-corrected chi connectivity index (χ1v) is 8.55. The van der Waals surface area contributed by atoms with E-state index in [0.29, 0.717) is 5.56 Å². The molecular formula is C17H19FN5O5+. The standard InChI is InChI=1S/C17H18FN5O5/c18-9-3-1-2-8(4-9)5-22-7-23(14-11(22)15(27)21-17(19)20-14)16-13(26)12(25)10(6-24)28-16/h1-4,7,10,12-13,16,24-26H,5-6H2,(H2-,19,20,21,27)/p+1/t10-,12-,13-,16-/m1/s1. The van der Waals surface area contributed by atoms with E-state index in [4.69, 9.17) is 10.5 Å². The zero-order valence-corrected chi connectivity index (χ0v) is 14.6. The van der Waals surface area contributed by atoms with E-state index in [1.54, 1.807) is 12.1 Å². The summed E-state index contributed by atoms with van der Waals surface area (Å²) in [7, 11) is 0. The number of rotatable bonds is 4. The molecule has 0 spiro atoms. The number of nitrogens with one attached hydrogen (secondary N) is 1. The molecule has 0 amide bonds. The summed E-state index contributed by atoms with van der Waals surface area (Å²) in [5.41, 5.74) is 5.99. The minimum Gasteiger partial charge on any atom is -0.394 e. The average Bonchev–Trinajstić information content (AvgIpc) is 3.13. The fourth-order valence-electron chi connectivity index (χ4n) is 3.42. The van der Waals surface area contributed by atoms with Gasteiger partial charge in [-0.1, -0.05) is 12.1 Å². The molecule has 2 aromatic heterocycles. The number of aromatic nitrogens is 4. The van der Waals surface area contributed by atoms with Crippen molar-refractivity contribution in [3.8, 4) is 0 Å². The van der Waals surface area contributed by atoms with Gasteiger partial charge in [-0.2, -0.15) is 9.55 Å². The average molecular weight is 392 g/mol. The number of imidazole rings is 1. The monoisotopic (exact) mass is 392 g/mol. The van der Waals surface area contributed by atoms with Gasteiger partial charge in [-0.3, -0.25) is 9.78 Å². The SMILES string of the molecule is Nc1nc2c(c(=O)[nH]1)[n+](Cc1cccc(F)c1)cn2[C@@H]1O[C@H](CO)[C@@H](O)[C@H]1O. The highest BCUT2D eigenvalue weighted by Crippen LogP contribution is 2.30. The van der Waals surface area contributed by atoms with Crippen LogP contribution in [0.3, 0.4) is 0 Å². The smallest absolute Gasteiger partial charge is 0.304 e. The second kappa shape index (κ2) is 6.95. The van der Waals surface area contributed by atoms with Crippen molar-refractivity contribution in [1.29, 1.82) is 0 Å². The predicted octanol–water partition coefficient (Wildman–Crippen LogP) is -1.61. The number of halogens is 1. The Balaban J connectivity index is 1.85. The Morgan fingerprint density at radius 1 is 1.36 bits per heavy atom. The molecule has 1 aliphatic heterocycles. The fraction of sp³-hybridized carbons (Fsp3) is 0.353. The molecule has 148 valence electrons.